The summed E-state index contributed by atoms with van der Waals surface area (Å²) >= 11 is 0. The minimum atomic E-state index is -1.75. The van der Waals surface area contributed by atoms with Gasteiger partial charge in [0.2, 0.25) is 29.5 Å². The number of primary amides is 2. The van der Waals surface area contributed by atoms with Crippen molar-refractivity contribution >= 4 is 41.5 Å². The Kier molecular flexibility index (Phi) is 11.9. The average Bonchev–Trinajstić information content (AvgIpc) is 2.66. The number of carboxylic acid groups (broad SMARTS) is 2. The summed E-state index contributed by atoms with van der Waals surface area (Å²) in [5.74, 6) is -8.26. The standard InChI is InChI=1S/C16H26N6O10/c17-6(3-11(19)25)13(28)21-8(4-12(26)27)15(30)20-7(1-2-10(18)24)14(29)22-9(5-23)16(31)32/h6-9,23H,1-5,17H2,(H2,18,24)(H2,19,25)(H,20,30)(H,21,28)(H,22,29)(H,26,27)(H,31,32). The van der Waals surface area contributed by atoms with Crippen LogP contribution in [0.25, 0.3) is 0 Å². The molecule has 0 fully saturated rings. The SMILES string of the molecule is NC(=O)CCC(NC(=O)C(CC(=O)O)NC(=O)C(N)CC(N)=O)C(=O)NC(CO)C(=O)O. The van der Waals surface area contributed by atoms with E-state index in [0.29, 0.717) is 0 Å². The molecule has 0 saturated carbocycles. The fourth-order valence-corrected chi connectivity index (χ4v) is 2.26. The molecule has 4 atom stereocenters. The monoisotopic (exact) mass is 462 g/mol. The smallest absolute Gasteiger partial charge is 0.328 e. The van der Waals surface area contributed by atoms with E-state index >= 15 is 0 Å². The van der Waals surface area contributed by atoms with Crippen LogP contribution in [0, 0.1) is 0 Å². The zero-order chi connectivity index (χ0) is 25.0. The van der Waals surface area contributed by atoms with Crippen molar-refractivity contribution in [2.75, 3.05) is 6.61 Å². The van der Waals surface area contributed by atoms with Gasteiger partial charge >= 0.3 is 11.9 Å². The van der Waals surface area contributed by atoms with Crippen LogP contribution in [-0.2, 0) is 33.6 Å². The first-order valence-corrected chi connectivity index (χ1v) is 9.07. The molecule has 0 aromatic heterocycles. The molecular formula is C16H26N6O10. The maximum absolute atomic E-state index is 12.5. The van der Waals surface area contributed by atoms with Gasteiger partial charge in [-0.15, -0.1) is 0 Å². The summed E-state index contributed by atoms with van der Waals surface area (Å²) in [6.45, 7) is -0.979. The summed E-state index contributed by atoms with van der Waals surface area (Å²) in [4.78, 5) is 80.8. The van der Waals surface area contributed by atoms with Gasteiger partial charge in [0.05, 0.1) is 25.5 Å². The fourth-order valence-electron chi connectivity index (χ4n) is 2.26. The lowest BCUT2D eigenvalue weighted by Crippen LogP contribution is -2.58. The molecule has 0 aliphatic rings. The normalized spacial score (nSPS) is 14.2. The quantitative estimate of drug-likeness (QED) is 0.110. The van der Waals surface area contributed by atoms with Crippen LogP contribution in [-0.4, -0.2) is 87.6 Å². The van der Waals surface area contributed by atoms with E-state index in [1.165, 1.54) is 0 Å². The van der Waals surface area contributed by atoms with Gasteiger partial charge in [0.15, 0.2) is 0 Å². The molecule has 0 spiro atoms. The summed E-state index contributed by atoms with van der Waals surface area (Å²) in [7, 11) is 0. The molecule has 0 aromatic carbocycles. The van der Waals surface area contributed by atoms with E-state index < -0.39 is 97.9 Å². The third-order valence-corrected chi connectivity index (χ3v) is 3.88. The summed E-state index contributed by atoms with van der Waals surface area (Å²) in [6, 6.07) is -6.53. The summed E-state index contributed by atoms with van der Waals surface area (Å²) < 4.78 is 0. The topological polar surface area (TPSA) is 294 Å². The van der Waals surface area contributed by atoms with Gasteiger partial charge in [0.25, 0.3) is 0 Å². The fraction of sp³-hybridized carbons (Fsp3) is 0.562. The lowest BCUT2D eigenvalue weighted by molar-refractivity contribution is -0.144. The van der Waals surface area contributed by atoms with Crippen LogP contribution in [0.3, 0.4) is 0 Å². The molecule has 32 heavy (non-hydrogen) atoms. The predicted molar refractivity (Wildman–Crippen MR) is 103 cm³/mol. The van der Waals surface area contributed by atoms with Crippen molar-refractivity contribution in [2.45, 2.75) is 49.9 Å². The first kappa shape index (κ1) is 28.2. The molecule has 0 saturated heterocycles. The van der Waals surface area contributed by atoms with Gasteiger partial charge in [0, 0.05) is 6.42 Å². The average molecular weight is 462 g/mol. The first-order valence-electron chi connectivity index (χ1n) is 9.07. The van der Waals surface area contributed by atoms with Crippen molar-refractivity contribution in [3.8, 4) is 0 Å². The minimum absolute atomic E-state index is 0.403. The van der Waals surface area contributed by atoms with Gasteiger partial charge in [0.1, 0.15) is 18.1 Å². The molecule has 16 heteroatoms. The highest BCUT2D eigenvalue weighted by atomic mass is 16.4. The van der Waals surface area contributed by atoms with Crippen molar-refractivity contribution < 1.29 is 48.9 Å². The zero-order valence-corrected chi connectivity index (χ0v) is 16.8. The Labute approximate surface area is 180 Å². The molecule has 0 radical (unpaired) electrons. The predicted octanol–water partition coefficient (Wildman–Crippen LogP) is -5.54. The maximum atomic E-state index is 12.5. The molecule has 180 valence electrons. The number of aliphatic hydroxyl groups excluding tert-OH is 1. The number of aliphatic hydroxyl groups is 1. The number of aliphatic carboxylic acids is 2. The van der Waals surface area contributed by atoms with Gasteiger partial charge in [-0.25, -0.2) is 4.79 Å². The van der Waals surface area contributed by atoms with Crippen molar-refractivity contribution in [2.24, 2.45) is 17.2 Å². The molecular weight excluding hydrogens is 436 g/mol. The molecule has 16 nitrogen and oxygen atoms in total. The van der Waals surface area contributed by atoms with Crippen LogP contribution < -0.4 is 33.2 Å². The van der Waals surface area contributed by atoms with E-state index in [4.69, 9.17) is 32.5 Å². The molecule has 5 amide bonds. The number of amides is 5. The number of carbonyl (C=O) groups excluding carboxylic acids is 5. The number of hydrogen-bond donors (Lipinski definition) is 9. The molecule has 4 unspecified atom stereocenters. The van der Waals surface area contributed by atoms with E-state index in [9.17, 15) is 33.6 Å². The van der Waals surface area contributed by atoms with Gasteiger partial charge in [-0.3, -0.25) is 28.8 Å². The molecule has 0 rings (SSSR count). The Hall–Kier alpha value is -3.79. The van der Waals surface area contributed by atoms with Crippen LogP contribution in [0.1, 0.15) is 25.7 Å². The van der Waals surface area contributed by atoms with Crippen molar-refractivity contribution in [1.82, 2.24) is 16.0 Å². The van der Waals surface area contributed by atoms with E-state index in [1.807, 2.05) is 10.6 Å². The highest BCUT2D eigenvalue weighted by Crippen LogP contribution is 2.03. The maximum Gasteiger partial charge on any atom is 0.328 e. The largest absolute Gasteiger partial charge is 0.481 e. The second-order valence-electron chi connectivity index (χ2n) is 6.58. The van der Waals surface area contributed by atoms with Crippen LogP contribution in [0.15, 0.2) is 0 Å². The van der Waals surface area contributed by atoms with Crippen molar-refractivity contribution in [3.63, 3.8) is 0 Å². The van der Waals surface area contributed by atoms with Gasteiger partial charge in [-0.1, -0.05) is 0 Å². The Bertz CT molecular complexity index is 758. The second kappa shape index (κ2) is 13.5. The van der Waals surface area contributed by atoms with Crippen LogP contribution >= 0.6 is 0 Å². The molecule has 0 heterocycles. The Morgan fingerprint density at radius 3 is 1.66 bits per heavy atom. The van der Waals surface area contributed by atoms with Crippen molar-refractivity contribution in [3.05, 3.63) is 0 Å². The first-order chi connectivity index (χ1) is 14.8. The Morgan fingerprint density at radius 2 is 1.22 bits per heavy atom. The van der Waals surface area contributed by atoms with Crippen LogP contribution in [0.2, 0.25) is 0 Å². The number of rotatable bonds is 15. The number of hydrogen-bond acceptors (Lipinski definition) is 9. The highest BCUT2D eigenvalue weighted by Gasteiger charge is 2.31. The number of carboxylic acids is 2. The van der Waals surface area contributed by atoms with Gasteiger partial charge in [-0.2, -0.15) is 0 Å². The Balaban J connectivity index is 5.51. The molecule has 0 bridgehead atoms. The van der Waals surface area contributed by atoms with E-state index in [0.717, 1.165) is 0 Å². The zero-order valence-electron chi connectivity index (χ0n) is 16.8. The lowest BCUT2D eigenvalue weighted by Gasteiger charge is -2.24. The number of nitrogens with one attached hydrogen (secondary N) is 3. The van der Waals surface area contributed by atoms with Gasteiger partial charge < -0.3 is 48.5 Å². The van der Waals surface area contributed by atoms with E-state index in [1.54, 1.807) is 0 Å². The lowest BCUT2D eigenvalue weighted by atomic mass is 10.1. The second-order valence-corrected chi connectivity index (χ2v) is 6.58. The summed E-state index contributed by atoms with van der Waals surface area (Å²) in [5, 5.41) is 32.9. The molecule has 0 aliphatic carbocycles. The third kappa shape index (κ3) is 10.8. The Morgan fingerprint density at radius 1 is 0.719 bits per heavy atom. The van der Waals surface area contributed by atoms with E-state index in [2.05, 4.69) is 5.32 Å². The summed E-state index contributed by atoms with van der Waals surface area (Å²) in [5.41, 5.74) is 15.4. The molecule has 0 aromatic rings. The highest BCUT2D eigenvalue weighted by molar-refractivity contribution is 5.96. The number of nitrogens with two attached hydrogens (primary N) is 3. The summed E-state index contributed by atoms with van der Waals surface area (Å²) in [6.07, 6.45) is -2.36. The van der Waals surface area contributed by atoms with Crippen LogP contribution in [0.5, 0.6) is 0 Å². The third-order valence-electron chi connectivity index (χ3n) is 3.88. The molecule has 0 aliphatic heterocycles. The van der Waals surface area contributed by atoms with Crippen LogP contribution in [0.4, 0.5) is 0 Å². The van der Waals surface area contributed by atoms with Gasteiger partial charge in [-0.05, 0) is 6.42 Å². The van der Waals surface area contributed by atoms with Crippen molar-refractivity contribution in [1.29, 1.82) is 0 Å². The molecule has 12 N–H and O–H groups in total. The number of carbonyl (C=O) groups is 7. The minimum Gasteiger partial charge on any atom is -0.481 e. The van der Waals surface area contributed by atoms with E-state index in [-0.39, 0.29) is 0 Å².